The summed E-state index contributed by atoms with van der Waals surface area (Å²) in [6.45, 7) is 2.11. The van der Waals surface area contributed by atoms with E-state index in [-0.39, 0.29) is 11.8 Å². The molecule has 144 valence electrons. The largest absolute Gasteiger partial charge is 0.347 e. The summed E-state index contributed by atoms with van der Waals surface area (Å²) in [7, 11) is 0. The second kappa shape index (κ2) is 7.05. The van der Waals surface area contributed by atoms with Crippen molar-refractivity contribution in [2.24, 2.45) is 5.92 Å². The molecule has 1 aliphatic carbocycles. The van der Waals surface area contributed by atoms with Gasteiger partial charge in [-0.05, 0) is 49.1 Å². The smallest absolute Gasteiger partial charge is 0.261 e. The Morgan fingerprint density at radius 2 is 2.07 bits per heavy atom. The summed E-state index contributed by atoms with van der Waals surface area (Å²) in [6, 6.07) is 7.91. The Morgan fingerprint density at radius 3 is 2.93 bits per heavy atom. The van der Waals surface area contributed by atoms with Gasteiger partial charge in [-0.15, -0.1) is 11.3 Å². The molecule has 1 N–H and O–H groups in total. The van der Waals surface area contributed by atoms with Crippen molar-refractivity contribution in [3.8, 4) is 0 Å². The maximum atomic E-state index is 12.5. The van der Waals surface area contributed by atoms with Crippen LogP contribution in [0.2, 0.25) is 0 Å². The van der Waals surface area contributed by atoms with Gasteiger partial charge < -0.3 is 14.6 Å². The fraction of sp³-hybridized carbons (Fsp3) is 0.381. The minimum Gasteiger partial charge on any atom is -0.347 e. The molecule has 0 bridgehead atoms. The molecule has 3 aromatic rings. The lowest BCUT2D eigenvalue weighted by molar-refractivity contribution is -0.131. The minimum atomic E-state index is -0.0524. The number of likely N-dealkylation sites (tertiary alicyclic amines) is 1. The molecule has 5 rings (SSSR count). The third-order valence-electron chi connectivity index (χ3n) is 5.59. The molecule has 7 heteroatoms. The third-order valence-corrected chi connectivity index (χ3v) is 6.84. The maximum absolute atomic E-state index is 12.5. The van der Waals surface area contributed by atoms with Gasteiger partial charge >= 0.3 is 0 Å². The van der Waals surface area contributed by atoms with E-state index in [0.29, 0.717) is 18.4 Å². The van der Waals surface area contributed by atoms with Crippen molar-refractivity contribution in [2.45, 2.75) is 31.7 Å². The molecule has 0 spiro atoms. The summed E-state index contributed by atoms with van der Waals surface area (Å²) in [4.78, 5) is 33.0. The number of nitrogens with zero attached hydrogens (tertiary/aromatic N) is 3. The van der Waals surface area contributed by atoms with Crippen molar-refractivity contribution in [3.63, 3.8) is 0 Å². The SMILES string of the molecule is O=C(NCc1ccn2ccnc2c1)c1ccc(C2CCN(C(=O)C3CC3)C2)s1. The van der Waals surface area contributed by atoms with Crippen LogP contribution < -0.4 is 5.32 Å². The number of pyridine rings is 1. The molecule has 0 radical (unpaired) electrons. The van der Waals surface area contributed by atoms with Crippen molar-refractivity contribution >= 4 is 28.8 Å². The van der Waals surface area contributed by atoms with E-state index in [1.807, 2.05) is 46.0 Å². The summed E-state index contributed by atoms with van der Waals surface area (Å²) in [6.07, 6.45) is 8.69. The number of aromatic nitrogens is 2. The number of nitrogens with one attached hydrogen (secondary N) is 1. The van der Waals surface area contributed by atoms with Crippen LogP contribution in [0.1, 0.15) is 45.3 Å². The van der Waals surface area contributed by atoms with Crippen molar-refractivity contribution in [2.75, 3.05) is 13.1 Å². The maximum Gasteiger partial charge on any atom is 0.261 e. The van der Waals surface area contributed by atoms with Crippen molar-refractivity contribution in [1.29, 1.82) is 0 Å². The van der Waals surface area contributed by atoms with Crippen LogP contribution in [0.3, 0.4) is 0 Å². The van der Waals surface area contributed by atoms with E-state index in [0.717, 1.165) is 48.4 Å². The zero-order valence-corrected chi connectivity index (χ0v) is 16.3. The van der Waals surface area contributed by atoms with Crippen LogP contribution in [0.4, 0.5) is 0 Å². The van der Waals surface area contributed by atoms with Crippen LogP contribution in [0, 0.1) is 5.92 Å². The van der Waals surface area contributed by atoms with Crippen LogP contribution in [0.15, 0.2) is 42.9 Å². The topological polar surface area (TPSA) is 66.7 Å². The highest BCUT2D eigenvalue weighted by molar-refractivity contribution is 7.14. The summed E-state index contributed by atoms with van der Waals surface area (Å²) in [5.74, 6) is 0.913. The first kappa shape index (κ1) is 17.4. The predicted octanol–water partition coefficient (Wildman–Crippen LogP) is 3.05. The molecular formula is C21H22N4O2S. The second-order valence-corrected chi connectivity index (χ2v) is 8.77. The van der Waals surface area contributed by atoms with Crippen LogP contribution >= 0.6 is 11.3 Å². The van der Waals surface area contributed by atoms with Gasteiger partial charge in [-0.1, -0.05) is 0 Å². The quantitative estimate of drug-likeness (QED) is 0.723. The summed E-state index contributed by atoms with van der Waals surface area (Å²) >= 11 is 1.55. The highest BCUT2D eigenvalue weighted by Crippen LogP contribution is 2.36. The molecule has 1 atom stereocenters. The molecule has 2 fully saturated rings. The third kappa shape index (κ3) is 3.42. The Morgan fingerprint density at radius 1 is 1.18 bits per heavy atom. The fourth-order valence-corrected chi connectivity index (χ4v) is 4.86. The van der Waals surface area contributed by atoms with E-state index in [2.05, 4.69) is 10.3 Å². The Kier molecular flexibility index (Phi) is 4.39. The predicted molar refractivity (Wildman–Crippen MR) is 107 cm³/mol. The van der Waals surface area contributed by atoms with Gasteiger partial charge in [-0.25, -0.2) is 4.98 Å². The van der Waals surface area contributed by atoms with Crippen LogP contribution in [-0.2, 0) is 11.3 Å². The zero-order chi connectivity index (χ0) is 19.1. The van der Waals surface area contributed by atoms with E-state index < -0.39 is 0 Å². The number of hydrogen-bond acceptors (Lipinski definition) is 4. The summed E-state index contributed by atoms with van der Waals surface area (Å²) in [5.41, 5.74) is 1.89. The molecule has 28 heavy (non-hydrogen) atoms. The standard InChI is InChI=1S/C21H22N4O2S/c26-20(23-12-14-5-8-24-10-7-22-19(24)11-14)18-4-3-17(28-18)16-6-9-25(13-16)21(27)15-1-2-15/h3-5,7-8,10-11,15-16H,1-2,6,9,12-13H2,(H,23,26). The molecule has 4 heterocycles. The number of carbonyl (C=O) groups is 2. The Labute approximate surface area is 167 Å². The Balaban J connectivity index is 1.19. The van der Waals surface area contributed by atoms with E-state index >= 15 is 0 Å². The average molecular weight is 395 g/mol. The summed E-state index contributed by atoms with van der Waals surface area (Å²) < 4.78 is 1.94. The van der Waals surface area contributed by atoms with Crippen molar-refractivity contribution in [3.05, 3.63) is 58.2 Å². The number of amides is 2. The number of fused-ring (bicyclic) bond motifs is 1. The van der Waals surface area contributed by atoms with Crippen molar-refractivity contribution in [1.82, 2.24) is 19.6 Å². The number of rotatable bonds is 5. The average Bonchev–Trinajstić information content (AvgIpc) is 3.13. The number of imidazole rings is 1. The number of carbonyl (C=O) groups excluding carboxylic acids is 2. The Hall–Kier alpha value is -2.67. The molecule has 3 aromatic heterocycles. The van der Waals surface area contributed by atoms with Gasteiger partial charge in [0.1, 0.15) is 5.65 Å². The molecule has 2 aliphatic rings. The number of hydrogen-bond donors (Lipinski definition) is 1. The number of thiophene rings is 1. The van der Waals surface area contributed by atoms with E-state index in [1.165, 1.54) is 4.88 Å². The second-order valence-electron chi connectivity index (χ2n) is 7.66. The van der Waals surface area contributed by atoms with Gasteiger partial charge in [0.05, 0.1) is 4.88 Å². The monoisotopic (exact) mass is 394 g/mol. The lowest BCUT2D eigenvalue weighted by Crippen LogP contribution is -2.29. The first-order chi connectivity index (χ1) is 13.7. The molecular weight excluding hydrogens is 372 g/mol. The van der Waals surface area contributed by atoms with Crippen LogP contribution in [0.5, 0.6) is 0 Å². The molecule has 1 aliphatic heterocycles. The Bertz CT molecular complexity index is 1040. The van der Waals surface area contributed by atoms with Gasteiger partial charge in [-0.2, -0.15) is 0 Å². The van der Waals surface area contributed by atoms with Crippen LogP contribution in [-0.4, -0.2) is 39.2 Å². The lowest BCUT2D eigenvalue weighted by Gasteiger charge is -2.15. The summed E-state index contributed by atoms with van der Waals surface area (Å²) in [5, 5.41) is 3.00. The van der Waals surface area contributed by atoms with Gasteiger partial charge in [0.25, 0.3) is 5.91 Å². The minimum absolute atomic E-state index is 0.0524. The van der Waals surface area contributed by atoms with Gasteiger partial charge in [0.2, 0.25) is 5.91 Å². The first-order valence-electron chi connectivity index (χ1n) is 9.76. The molecule has 1 saturated carbocycles. The molecule has 1 unspecified atom stereocenters. The van der Waals surface area contributed by atoms with Gasteiger partial charge in [0, 0.05) is 54.9 Å². The first-order valence-corrected chi connectivity index (χ1v) is 10.6. The van der Waals surface area contributed by atoms with E-state index in [9.17, 15) is 9.59 Å². The van der Waals surface area contributed by atoms with E-state index in [1.54, 1.807) is 17.5 Å². The van der Waals surface area contributed by atoms with Gasteiger partial charge in [-0.3, -0.25) is 9.59 Å². The lowest BCUT2D eigenvalue weighted by atomic mass is 10.1. The molecule has 0 aromatic carbocycles. The highest BCUT2D eigenvalue weighted by atomic mass is 32.1. The molecule has 1 saturated heterocycles. The normalized spacial score (nSPS) is 19.3. The van der Waals surface area contributed by atoms with Crippen molar-refractivity contribution < 1.29 is 9.59 Å². The van der Waals surface area contributed by atoms with Crippen LogP contribution in [0.25, 0.3) is 5.65 Å². The fourth-order valence-electron chi connectivity index (χ4n) is 3.81. The highest BCUT2D eigenvalue weighted by Gasteiger charge is 2.37. The van der Waals surface area contributed by atoms with E-state index in [4.69, 9.17) is 0 Å². The zero-order valence-electron chi connectivity index (χ0n) is 15.5. The van der Waals surface area contributed by atoms with Gasteiger partial charge in [0.15, 0.2) is 0 Å². The molecule has 6 nitrogen and oxygen atoms in total. The molecule has 2 amide bonds.